The van der Waals surface area contributed by atoms with E-state index in [1.54, 1.807) is 0 Å². The fourth-order valence-electron chi connectivity index (χ4n) is 1.53. The zero-order chi connectivity index (χ0) is 23.0. The molecular weight excluding hydrogens is 742 g/mol. The Labute approximate surface area is 218 Å². The van der Waals surface area contributed by atoms with Crippen molar-refractivity contribution in [2.45, 2.75) is 6.92 Å². The van der Waals surface area contributed by atoms with Crippen LogP contribution in [-0.4, -0.2) is 34.1 Å². The number of aromatic nitrogens is 2. The number of carboxylic acids is 1. The minimum absolute atomic E-state index is 0. The molecule has 165 valence electrons. The van der Waals surface area contributed by atoms with Gasteiger partial charge in [-0.05, 0) is 6.92 Å². The number of esters is 1. The summed E-state index contributed by atoms with van der Waals surface area (Å²) < 4.78 is 42.8. The van der Waals surface area contributed by atoms with Gasteiger partial charge in [0, 0.05) is 61.4 Å². The summed E-state index contributed by atoms with van der Waals surface area (Å²) in [6, 6.07) is 0. The molecule has 1 radical (unpaired) electrons. The number of rotatable bonds is 2. The molecule has 2 aromatic heterocycles. The fraction of sp³-hybridized carbons (Fsp3) is 0.143. The summed E-state index contributed by atoms with van der Waals surface area (Å²) in [5, 5.41) is 7.22. The van der Waals surface area contributed by atoms with Crippen molar-refractivity contribution < 1.29 is 51.2 Å². The number of hydrogen-bond donors (Lipinski definition) is 2. The molecule has 2 aromatic rings. The van der Waals surface area contributed by atoms with Crippen molar-refractivity contribution in [2.24, 2.45) is 0 Å². The summed E-state index contributed by atoms with van der Waals surface area (Å²) in [7, 11) is 1.09. The normalized spacial score (nSPS) is 9.27. The molecule has 30 heavy (non-hydrogen) atoms. The van der Waals surface area contributed by atoms with E-state index in [2.05, 4.69) is 51.9 Å². The van der Waals surface area contributed by atoms with Gasteiger partial charge in [0.05, 0.1) is 22.8 Å². The average Bonchev–Trinajstić information content (AvgIpc) is 2.71. The van der Waals surface area contributed by atoms with Crippen LogP contribution in [0.1, 0.15) is 26.5 Å². The Balaban J connectivity index is 0. The molecule has 0 aliphatic carbocycles. The number of pyridine rings is 2. The van der Waals surface area contributed by atoms with E-state index in [1.165, 1.54) is 6.92 Å². The van der Waals surface area contributed by atoms with E-state index < -0.39 is 56.8 Å². The first-order valence-electron chi connectivity index (χ1n) is 6.70. The maximum atomic E-state index is 12.9. The van der Waals surface area contributed by atoms with Crippen LogP contribution < -0.4 is 5.73 Å². The number of carboxylic acid groups (broad SMARTS) is 1. The predicted molar refractivity (Wildman–Crippen MR) is 119 cm³/mol. The van der Waals surface area contributed by atoms with E-state index in [1.807, 2.05) is 0 Å². The van der Waals surface area contributed by atoms with E-state index in [9.17, 15) is 22.8 Å². The molecule has 16 heteroatoms. The summed E-state index contributed by atoms with van der Waals surface area (Å²) in [5.41, 5.74) is 3.46. The largest absolute Gasteiger partial charge is 0.476 e. The Bertz CT molecular complexity index is 946. The van der Waals surface area contributed by atoms with Crippen LogP contribution in [-0.2, 0) is 23.3 Å². The number of nitrogen functional groups attached to an aromatic ring is 1. The third kappa shape index (κ3) is 8.02. The van der Waals surface area contributed by atoms with Gasteiger partial charge in [0.25, 0.3) is 0 Å². The first-order valence-corrected chi connectivity index (χ1v) is 14.1. The molecule has 0 bridgehead atoms. The molecular formula is C14H9Cl3F3I2N3O4V. The van der Waals surface area contributed by atoms with Gasteiger partial charge in [-0.2, -0.15) is 4.39 Å². The summed E-state index contributed by atoms with van der Waals surface area (Å²) in [4.78, 5) is 27.7. The van der Waals surface area contributed by atoms with Crippen molar-refractivity contribution in [3.63, 3.8) is 0 Å². The number of carbonyl (C=O) groups is 2. The van der Waals surface area contributed by atoms with Crippen molar-refractivity contribution >= 4 is 89.7 Å². The van der Waals surface area contributed by atoms with E-state index in [-0.39, 0.29) is 29.1 Å². The first kappa shape index (κ1) is 31.9. The maximum Gasteiger partial charge on any atom is 0.358 e. The zero-order valence-corrected chi connectivity index (χ0v) is 22.6. The van der Waals surface area contributed by atoms with Crippen LogP contribution in [0.15, 0.2) is 0 Å². The van der Waals surface area contributed by atoms with Gasteiger partial charge in [-0.15, -0.1) is 0 Å². The van der Waals surface area contributed by atoms with Crippen LogP contribution in [0.4, 0.5) is 18.9 Å². The Morgan fingerprint density at radius 3 is 1.97 bits per heavy atom. The number of carbonyl (C=O) groups excluding carboxylic acids is 1. The SMILES string of the molecule is COC(=O)c1nc(F)c(F)c(C)c1Cl.II.Nc1c(F)c(Cl)nc(C(=O)O)c1Cl.[V]. The molecule has 7 nitrogen and oxygen atoms in total. The van der Waals surface area contributed by atoms with E-state index in [0.29, 0.717) is 0 Å². The zero-order valence-electron chi connectivity index (χ0n) is 14.6. The van der Waals surface area contributed by atoms with Crippen LogP contribution in [0.3, 0.4) is 0 Å². The van der Waals surface area contributed by atoms with Gasteiger partial charge >= 0.3 is 11.9 Å². The van der Waals surface area contributed by atoms with Crippen LogP contribution in [0.25, 0.3) is 0 Å². The number of anilines is 1. The van der Waals surface area contributed by atoms with E-state index in [4.69, 9.17) is 45.6 Å². The number of ether oxygens (including phenoxy) is 1. The molecule has 0 atom stereocenters. The van der Waals surface area contributed by atoms with Gasteiger partial charge in [-0.1, -0.05) is 34.8 Å². The second-order valence-electron chi connectivity index (χ2n) is 4.59. The monoisotopic (exact) mass is 750 g/mol. The van der Waals surface area contributed by atoms with Crippen molar-refractivity contribution in [3.8, 4) is 0 Å². The summed E-state index contributed by atoms with van der Waals surface area (Å²) in [5.74, 6) is -5.87. The number of hydrogen-bond acceptors (Lipinski definition) is 6. The second kappa shape index (κ2) is 14.7. The molecule has 0 saturated carbocycles. The number of halogens is 8. The Morgan fingerprint density at radius 1 is 1.03 bits per heavy atom. The standard InChI is InChI=1S/C8H6ClF2NO2.C6H3Cl2FN2O2.I2.V/c1-3-4(9)6(8(13)14-2)12-7(11)5(3)10;7-1-3(10)2(9)5(8)11-4(1)6(12)13;1-2;/h1-2H3;(H2,10,11)(H,12,13);;. The topological polar surface area (TPSA) is 115 Å². The Morgan fingerprint density at radius 2 is 1.53 bits per heavy atom. The predicted octanol–water partition coefficient (Wildman–Crippen LogP) is 5.69. The van der Waals surface area contributed by atoms with Gasteiger partial charge in [0.2, 0.25) is 5.95 Å². The molecule has 0 amide bonds. The quantitative estimate of drug-likeness (QED) is 0.231. The third-order valence-electron chi connectivity index (χ3n) is 2.91. The molecule has 0 aromatic carbocycles. The van der Waals surface area contributed by atoms with E-state index >= 15 is 0 Å². The number of nitrogens with two attached hydrogens (primary N) is 1. The molecule has 0 aliphatic heterocycles. The summed E-state index contributed by atoms with van der Waals surface area (Å²) in [6.45, 7) is 1.24. The van der Waals surface area contributed by atoms with Crippen LogP contribution in [0.5, 0.6) is 0 Å². The van der Waals surface area contributed by atoms with Gasteiger partial charge in [0.15, 0.2) is 28.2 Å². The Hall–Kier alpha value is -0.256. The average molecular weight is 751 g/mol. The van der Waals surface area contributed by atoms with Gasteiger partial charge in [0.1, 0.15) is 0 Å². The fourth-order valence-corrected chi connectivity index (χ4v) is 2.12. The van der Waals surface area contributed by atoms with Crippen molar-refractivity contribution in [1.82, 2.24) is 9.97 Å². The van der Waals surface area contributed by atoms with Crippen LogP contribution >= 0.6 is 72.0 Å². The maximum absolute atomic E-state index is 12.9. The number of methoxy groups -OCH3 is 1. The molecule has 0 fully saturated rings. The van der Waals surface area contributed by atoms with E-state index in [0.717, 1.165) is 7.11 Å². The molecule has 3 N–H and O–H groups in total. The molecule has 0 spiro atoms. The Kier molecular flexibility index (Phi) is 15.7. The van der Waals surface area contributed by atoms with Gasteiger partial charge in [-0.25, -0.2) is 28.3 Å². The van der Waals surface area contributed by atoms with Gasteiger partial charge < -0.3 is 15.6 Å². The minimum atomic E-state index is -1.42. The van der Waals surface area contributed by atoms with Crippen LogP contribution in [0.2, 0.25) is 15.2 Å². The van der Waals surface area contributed by atoms with Crippen molar-refractivity contribution in [3.05, 3.63) is 49.7 Å². The molecule has 0 unspecified atom stereocenters. The molecule has 0 aliphatic rings. The third-order valence-corrected chi connectivity index (χ3v) is 4.01. The number of nitrogens with zero attached hydrogens (tertiary/aromatic N) is 2. The van der Waals surface area contributed by atoms with Crippen molar-refractivity contribution in [2.75, 3.05) is 12.8 Å². The smallest absolute Gasteiger partial charge is 0.358 e. The molecule has 2 heterocycles. The second-order valence-corrected chi connectivity index (χ2v) is 5.71. The molecule has 0 saturated heterocycles. The first-order chi connectivity index (χ1) is 13.4. The van der Waals surface area contributed by atoms with Crippen molar-refractivity contribution in [1.29, 1.82) is 0 Å². The number of aromatic carboxylic acids is 1. The van der Waals surface area contributed by atoms with Crippen LogP contribution in [0, 0.1) is 24.5 Å². The molecule has 2 rings (SSSR count). The minimum Gasteiger partial charge on any atom is -0.476 e. The summed E-state index contributed by atoms with van der Waals surface area (Å²) in [6.07, 6.45) is 0. The summed E-state index contributed by atoms with van der Waals surface area (Å²) >= 11 is 20.5. The van der Waals surface area contributed by atoms with Gasteiger partial charge in [-0.3, -0.25) is 0 Å².